The Balaban J connectivity index is 2.35. The smallest absolute Gasteiger partial charge is 0.309 e. The van der Waals surface area contributed by atoms with Crippen LogP contribution in [0, 0.1) is 5.92 Å². The standard InChI is InChI=1S/C15H17FO2/c1-10-8-9-12(15(17)18-2)13(14(10)16)11-6-4-3-5-7-11/h3-7,12-14H,1,8-9H2,2H3. The topological polar surface area (TPSA) is 26.3 Å². The highest BCUT2D eigenvalue weighted by atomic mass is 19.1. The van der Waals surface area contributed by atoms with E-state index in [0.717, 1.165) is 5.56 Å². The molecule has 0 amide bonds. The number of alkyl halides is 1. The monoisotopic (exact) mass is 248 g/mol. The Labute approximate surface area is 106 Å². The molecule has 3 atom stereocenters. The van der Waals surface area contributed by atoms with Gasteiger partial charge in [0.05, 0.1) is 13.0 Å². The van der Waals surface area contributed by atoms with Crippen molar-refractivity contribution < 1.29 is 13.9 Å². The van der Waals surface area contributed by atoms with Crippen LogP contribution in [0.5, 0.6) is 0 Å². The molecular formula is C15H17FO2. The van der Waals surface area contributed by atoms with Crippen molar-refractivity contribution in [3.8, 4) is 0 Å². The van der Waals surface area contributed by atoms with Gasteiger partial charge in [-0.15, -0.1) is 0 Å². The van der Waals surface area contributed by atoms with Gasteiger partial charge in [-0.05, 0) is 24.0 Å². The number of benzene rings is 1. The van der Waals surface area contributed by atoms with Crippen molar-refractivity contribution >= 4 is 5.97 Å². The summed E-state index contributed by atoms with van der Waals surface area (Å²) in [5, 5.41) is 0. The zero-order valence-electron chi connectivity index (χ0n) is 10.4. The Morgan fingerprint density at radius 1 is 1.39 bits per heavy atom. The molecule has 0 saturated heterocycles. The fourth-order valence-electron chi connectivity index (χ4n) is 2.61. The van der Waals surface area contributed by atoms with Gasteiger partial charge in [0.15, 0.2) is 0 Å². The van der Waals surface area contributed by atoms with Crippen molar-refractivity contribution in [2.75, 3.05) is 7.11 Å². The van der Waals surface area contributed by atoms with Gasteiger partial charge in [-0.25, -0.2) is 4.39 Å². The number of carbonyl (C=O) groups excluding carboxylic acids is 1. The number of hydrogen-bond acceptors (Lipinski definition) is 2. The summed E-state index contributed by atoms with van der Waals surface area (Å²) < 4.78 is 19.2. The predicted octanol–water partition coefficient (Wildman–Crippen LogP) is 3.25. The van der Waals surface area contributed by atoms with E-state index >= 15 is 0 Å². The van der Waals surface area contributed by atoms with Crippen LogP contribution in [0.1, 0.15) is 24.3 Å². The number of hydrogen-bond donors (Lipinski definition) is 0. The number of esters is 1. The summed E-state index contributed by atoms with van der Waals surface area (Å²) in [6.07, 6.45) is -0.0271. The molecule has 0 spiro atoms. The zero-order chi connectivity index (χ0) is 13.1. The first-order chi connectivity index (χ1) is 8.65. The quantitative estimate of drug-likeness (QED) is 0.593. The lowest BCUT2D eigenvalue weighted by Crippen LogP contribution is -2.34. The summed E-state index contributed by atoms with van der Waals surface area (Å²) in [6, 6.07) is 9.29. The van der Waals surface area contributed by atoms with E-state index in [-0.39, 0.29) is 5.97 Å². The van der Waals surface area contributed by atoms with Crippen molar-refractivity contribution in [3.63, 3.8) is 0 Å². The number of allylic oxidation sites excluding steroid dienone is 1. The molecule has 1 fully saturated rings. The van der Waals surface area contributed by atoms with E-state index < -0.39 is 18.0 Å². The molecule has 2 nitrogen and oxygen atoms in total. The Kier molecular flexibility index (Phi) is 3.80. The molecule has 1 aromatic carbocycles. The lowest BCUT2D eigenvalue weighted by atomic mass is 9.72. The molecule has 0 heterocycles. The SMILES string of the molecule is C=C1CCC(C(=O)OC)C(c2ccccc2)C1F. The summed E-state index contributed by atoms with van der Waals surface area (Å²) in [5.41, 5.74) is 1.41. The van der Waals surface area contributed by atoms with Gasteiger partial charge in [-0.2, -0.15) is 0 Å². The summed E-state index contributed by atoms with van der Waals surface area (Å²) in [5.74, 6) is -1.23. The Bertz CT molecular complexity index is 441. The van der Waals surface area contributed by atoms with Crippen molar-refractivity contribution in [1.82, 2.24) is 0 Å². The van der Waals surface area contributed by atoms with Gasteiger partial charge in [-0.1, -0.05) is 36.9 Å². The van der Waals surface area contributed by atoms with E-state index in [0.29, 0.717) is 18.4 Å². The minimum Gasteiger partial charge on any atom is -0.469 e. The lowest BCUT2D eigenvalue weighted by Gasteiger charge is -2.34. The molecule has 1 aliphatic rings. The third kappa shape index (κ3) is 2.30. The van der Waals surface area contributed by atoms with Crippen molar-refractivity contribution in [3.05, 3.63) is 48.0 Å². The Morgan fingerprint density at radius 2 is 2.06 bits per heavy atom. The number of rotatable bonds is 2. The lowest BCUT2D eigenvalue weighted by molar-refractivity contribution is -0.147. The molecule has 3 unspecified atom stereocenters. The van der Waals surface area contributed by atoms with Crippen LogP contribution in [0.3, 0.4) is 0 Å². The summed E-state index contributed by atoms with van der Waals surface area (Å²) in [4.78, 5) is 11.8. The molecule has 3 heteroatoms. The van der Waals surface area contributed by atoms with Gasteiger partial charge >= 0.3 is 5.97 Å². The van der Waals surface area contributed by atoms with Gasteiger partial charge in [-0.3, -0.25) is 4.79 Å². The van der Waals surface area contributed by atoms with E-state index in [9.17, 15) is 9.18 Å². The van der Waals surface area contributed by atoms with Crippen LogP contribution in [0.15, 0.2) is 42.5 Å². The van der Waals surface area contributed by atoms with Crippen LogP contribution in [-0.4, -0.2) is 19.3 Å². The molecule has 2 rings (SSSR count). The highest BCUT2D eigenvalue weighted by molar-refractivity contribution is 5.74. The second-order valence-corrected chi connectivity index (χ2v) is 4.66. The first kappa shape index (κ1) is 12.8. The summed E-state index contributed by atoms with van der Waals surface area (Å²) >= 11 is 0. The molecule has 0 aromatic heterocycles. The van der Waals surface area contributed by atoms with E-state index in [1.54, 1.807) is 0 Å². The molecule has 0 aliphatic heterocycles. The van der Waals surface area contributed by atoms with Crippen LogP contribution >= 0.6 is 0 Å². The minimum atomic E-state index is -1.18. The third-order valence-corrected chi connectivity index (χ3v) is 3.60. The van der Waals surface area contributed by atoms with Crippen molar-refractivity contribution in [1.29, 1.82) is 0 Å². The van der Waals surface area contributed by atoms with Crippen LogP contribution in [0.4, 0.5) is 4.39 Å². The van der Waals surface area contributed by atoms with Crippen molar-refractivity contribution in [2.24, 2.45) is 5.92 Å². The van der Waals surface area contributed by atoms with Crippen molar-refractivity contribution in [2.45, 2.75) is 24.9 Å². The molecule has 1 saturated carbocycles. The van der Waals surface area contributed by atoms with Crippen LogP contribution in [0.2, 0.25) is 0 Å². The maximum Gasteiger partial charge on any atom is 0.309 e. The van der Waals surface area contributed by atoms with E-state index in [1.807, 2.05) is 30.3 Å². The normalized spacial score (nSPS) is 27.9. The third-order valence-electron chi connectivity index (χ3n) is 3.60. The van der Waals surface area contributed by atoms with Gasteiger partial charge in [0.2, 0.25) is 0 Å². The van der Waals surface area contributed by atoms with Crippen LogP contribution < -0.4 is 0 Å². The maximum absolute atomic E-state index is 14.4. The maximum atomic E-state index is 14.4. The molecule has 18 heavy (non-hydrogen) atoms. The number of methoxy groups -OCH3 is 1. The highest BCUT2D eigenvalue weighted by Gasteiger charge is 2.41. The predicted molar refractivity (Wildman–Crippen MR) is 68.0 cm³/mol. The van der Waals surface area contributed by atoms with E-state index in [4.69, 9.17) is 4.74 Å². The van der Waals surface area contributed by atoms with Crippen LogP contribution in [-0.2, 0) is 9.53 Å². The van der Waals surface area contributed by atoms with Gasteiger partial charge in [0, 0.05) is 5.92 Å². The molecular weight excluding hydrogens is 231 g/mol. The Morgan fingerprint density at radius 3 is 2.67 bits per heavy atom. The number of ether oxygens (including phenoxy) is 1. The molecule has 0 radical (unpaired) electrons. The molecule has 96 valence electrons. The average molecular weight is 248 g/mol. The second-order valence-electron chi connectivity index (χ2n) is 4.66. The minimum absolute atomic E-state index is 0.334. The molecule has 1 aliphatic carbocycles. The number of carbonyl (C=O) groups is 1. The fourth-order valence-corrected chi connectivity index (χ4v) is 2.61. The average Bonchev–Trinajstić information content (AvgIpc) is 2.41. The first-order valence-electron chi connectivity index (χ1n) is 6.09. The molecule has 0 bridgehead atoms. The van der Waals surface area contributed by atoms with Crippen LogP contribution in [0.25, 0.3) is 0 Å². The largest absolute Gasteiger partial charge is 0.469 e. The van der Waals surface area contributed by atoms with Gasteiger partial charge in [0.25, 0.3) is 0 Å². The van der Waals surface area contributed by atoms with E-state index in [2.05, 4.69) is 6.58 Å². The second kappa shape index (κ2) is 5.34. The van der Waals surface area contributed by atoms with E-state index in [1.165, 1.54) is 7.11 Å². The number of halogens is 1. The molecule has 1 aromatic rings. The van der Waals surface area contributed by atoms with Gasteiger partial charge in [0.1, 0.15) is 6.17 Å². The van der Waals surface area contributed by atoms with Gasteiger partial charge < -0.3 is 4.74 Å². The first-order valence-corrected chi connectivity index (χ1v) is 6.09. The summed E-state index contributed by atoms with van der Waals surface area (Å²) in [7, 11) is 1.35. The molecule has 0 N–H and O–H groups in total. The fraction of sp³-hybridized carbons (Fsp3) is 0.400. The Hall–Kier alpha value is -1.64. The highest BCUT2D eigenvalue weighted by Crippen LogP contribution is 2.42. The summed E-state index contributed by atoms with van der Waals surface area (Å²) in [6.45, 7) is 3.76. The zero-order valence-corrected chi connectivity index (χ0v) is 10.4.